The van der Waals surface area contributed by atoms with Crippen LogP contribution in [0.2, 0.25) is 0 Å². The number of allylic oxidation sites excluding steroid dienone is 2. The van der Waals surface area contributed by atoms with Crippen LogP contribution >= 0.6 is 0 Å². The van der Waals surface area contributed by atoms with E-state index < -0.39 is 0 Å². The summed E-state index contributed by atoms with van der Waals surface area (Å²) in [6.07, 6.45) is 6.96. The summed E-state index contributed by atoms with van der Waals surface area (Å²) in [6.45, 7) is 12.1. The molecule has 0 N–H and O–H groups in total. The molecule has 0 bridgehead atoms. The Bertz CT molecular complexity index is 189. The highest BCUT2D eigenvalue weighted by Gasteiger charge is 2.10. The minimum Gasteiger partial charge on any atom is -0.353 e. The van der Waals surface area contributed by atoms with Crippen LogP contribution in [-0.4, -0.2) is 19.5 Å². The van der Waals surface area contributed by atoms with E-state index in [2.05, 4.69) is 26.8 Å². The van der Waals surface area contributed by atoms with Gasteiger partial charge in [0.2, 0.25) is 0 Å². The first-order valence-corrected chi connectivity index (χ1v) is 6.96. The highest BCUT2D eigenvalue weighted by Crippen LogP contribution is 2.16. The van der Waals surface area contributed by atoms with Gasteiger partial charge in [0.25, 0.3) is 0 Å². The first-order chi connectivity index (χ1) is 8.10. The van der Waals surface area contributed by atoms with Gasteiger partial charge in [0.05, 0.1) is 0 Å². The van der Waals surface area contributed by atoms with E-state index in [1.165, 1.54) is 24.8 Å². The summed E-state index contributed by atoms with van der Waals surface area (Å²) in [7, 11) is 0. The Morgan fingerprint density at radius 2 is 1.59 bits per heavy atom. The van der Waals surface area contributed by atoms with Gasteiger partial charge in [-0.3, -0.25) is 0 Å². The minimum atomic E-state index is -0.00379. The third kappa shape index (κ3) is 10.5. The van der Waals surface area contributed by atoms with E-state index in [0.717, 1.165) is 25.6 Å². The van der Waals surface area contributed by atoms with Crippen LogP contribution in [0.25, 0.3) is 0 Å². The molecule has 0 fully saturated rings. The molecule has 0 rings (SSSR count). The number of hydrogen-bond acceptors (Lipinski definition) is 2. The van der Waals surface area contributed by atoms with Gasteiger partial charge in [0.15, 0.2) is 6.29 Å². The molecule has 0 heterocycles. The second-order valence-electron chi connectivity index (χ2n) is 4.88. The summed E-state index contributed by atoms with van der Waals surface area (Å²) >= 11 is 0. The highest BCUT2D eigenvalue weighted by molar-refractivity contribution is 4.92. The summed E-state index contributed by atoms with van der Waals surface area (Å²) in [5.74, 6) is 0.744. The maximum absolute atomic E-state index is 5.54. The van der Waals surface area contributed by atoms with Crippen LogP contribution < -0.4 is 0 Å². The van der Waals surface area contributed by atoms with Gasteiger partial charge in [-0.25, -0.2) is 0 Å². The Morgan fingerprint density at radius 1 is 1.00 bits per heavy atom. The molecule has 0 aromatic rings. The summed E-state index contributed by atoms with van der Waals surface area (Å²) in [5.41, 5.74) is 1.42. The topological polar surface area (TPSA) is 18.5 Å². The van der Waals surface area contributed by atoms with Gasteiger partial charge in [-0.2, -0.15) is 0 Å². The lowest BCUT2D eigenvalue weighted by Crippen LogP contribution is -2.18. The van der Waals surface area contributed by atoms with E-state index in [1.54, 1.807) is 0 Å². The van der Waals surface area contributed by atoms with Gasteiger partial charge in [-0.1, -0.05) is 18.6 Å². The standard InChI is InChI=1S/C15H30O2/c1-6-16-15(17-7-2)12-11-14(5)10-8-9-13(3)4/h9,14-15H,6-8,10-12H2,1-5H3/t14-/m1/s1. The molecule has 0 aromatic carbocycles. The molecule has 17 heavy (non-hydrogen) atoms. The number of ether oxygens (including phenoxy) is 2. The maximum atomic E-state index is 5.54. The van der Waals surface area contributed by atoms with Crippen LogP contribution in [0, 0.1) is 5.92 Å². The normalized spacial score (nSPS) is 12.8. The van der Waals surface area contributed by atoms with Gasteiger partial charge in [0, 0.05) is 13.2 Å². The average molecular weight is 242 g/mol. The molecule has 0 radical (unpaired) electrons. The van der Waals surface area contributed by atoms with Crippen LogP contribution in [-0.2, 0) is 9.47 Å². The third-order valence-corrected chi connectivity index (χ3v) is 2.81. The molecule has 0 saturated heterocycles. The largest absolute Gasteiger partial charge is 0.353 e. The van der Waals surface area contributed by atoms with Gasteiger partial charge >= 0.3 is 0 Å². The van der Waals surface area contributed by atoms with Gasteiger partial charge in [-0.05, 0) is 59.3 Å². The fourth-order valence-electron chi connectivity index (χ4n) is 1.81. The Morgan fingerprint density at radius 3 is 2.06 bits per heavy atom. The fourth-order valence-corrected chi connectivity index (χ4v) is 1.81. The van der Waals surface area contributed by atoms with Crippen LogP contribution in [0.15, 0.2) is 11.6 Å². The second-order valence-corrected chi connectivity index (χ2v) is 4.88. The fraction of sp³-hybridized carbons (Fsp3) is 0.867. The maximum Gasteiger partial charge on any atom is 0.157 e. The van der Waals surface area contributed by atoms with Crippen molar-refractivity contribution in [1.82, 2.24) is 0 Å². The van der Waals surface area contributed by atoms with Crippen molar-refractivity contribution in [3.63, 3.8) is 0 Å². The molecule has 0 amide bonds. The molecule has 2 nitrogen and oxygen atoms in total. The summed E-state index contributed by atoms with van der Waals surface area (Å²) < 4.78 is 11.1. The van der Waals surface area contributed by atoms with Crippen molar-refractivity contribution < 1.29 is 9.47 Å². The molecule has 0 aliphatic heterocycles. The van der Waals surface area contributed by atoms with E-state index in [0.29, 0.717) is 0 Å². The summed E-state index contributed by atoms with van der Waals surface area (Å²) in [5, 5.41) is 0. The molecular formula is C15H30O2. The molecule has 0 aromatic heterocycles. The first-order valence-electron chi connectivity index (χ1n) is 6.96. The summed E-state index contributed by atoms with van der Waals surface area (Å²) in [6, 6.07) is 0. The zero-order valence-corrected chi connectivity index (χ0v) is 12.3. The molecule has 2 heteroatoms. The lowest BCUT2D eigenvalue weighted by molar-refractivity contribution is -0.141. The number of hydrogen-bond donors (Lipinski definition) is 0. The van der Waals surface area contributed by atoms with Crippen molar-refractivity contribution in [2.24, 2.45) is 5.92 Å². The van der Waals surface area contributed by atoms with Gasteiger partial charge in [-0.15, -0.1) is 0 Å². The third-order valence-electron chi connectivity index (χ3n) is 2.81. The Hall–Kier alpha value is -0.340. The lowest BCUT2D eigenvalue weighted by atomic mass is 9.99. The van der Waals surface area contributed by atoms with Gasteiger partial charge < -0.3 is 9.47 Å². The Balaban J connectivity index is 3.71. The van der Waals surface area contributed by atoms with E-state index in [9.17, 15) is 0 Å². The molecule has 0 unspecified atom stereocenters. The zero-order chi connectivity index (χ0) is 13.1. The van der Waals surface area contributed by atoms with Gasteiger partial charge in [0.1, 0.15) is 0 Å². The molecule has 0 aliphatic carbocycles. The van der Waals surface area contributed by atoms with Crippen molar-refractivity contribution in [2.45, 2.75) is 66.6 Å². The highest BCUT2D eigenvalue weighted by atomic mass is 16.7. The monoisotopic (exact) mass is 242 g/mol. The van der Waals surface area contributed by atoms with Crippen molar-refractivity contribution in [3.8, 4) is 0 Å². The Kier molecular flexibility index (Phi) is 10.6. The van der Waals surface area contributed by atoms with E-state index >= 15 is 0 Å². The molecule has 0 aliphatic rings. The van der Waals surface area contributed by atoms with Crippen LogP contribution in [0.3, 0.4) is 0 Å². The summed E-state index contributed by atoms with van der Waals surface area (Å²) in [4.78, 5) is 0. The molecule has 0 spiro atoms. The lowest BCUT2D eigenvalue weighted by Gasteiger charge is -2.18. The van der Waals surface area contributed by atoms with Crippen molar-refractivity contribution >= 4 is 0 Å². The van der Waals surface area contributed by atoms with Crippen LogP contribution in [0.1, 0.15) is 60.3 Å². The minimum absolute atomic E-state index is 0.00379. The first kappa shape index (κ1) is 16.7. The predicted octanol–water partition coefficient (Wildman–Crippen LogP) is 4.55. The average Bonchev–Trinajstić information content (AvgIpc) is 2.26. The SMILES string of the molecule is CCOC(CC[C@H](C)CCC=C(C)C)OCC. The van der Waals surface area contributed by atoms with Crippen molar-refractivity contribution in [2.75, 3.05) is 13.2 Å². The van der Waals surface area contributed by atoms with Crippen LogP contribution in [0.5, 0.6) is 0 Å². The predicted molar refractivity (Wildman–Crippen MR) is 74.1 cm³/mol. The van der Waals surface area contributed by atoms with Crippen molar-refractivity contribution in [3.05, 3.63) is 11.6 Å². The van der Waals surface area contributed by atoms with Crippen molar-refractivity contribution in [1.29, 1.82) is 0 Å². The van der Waals surface area contributed by atoms with Crippen LogP contribution in [0.4, 0.5) is 0 Å². The van der Waals surface area contributed by atoms with E-state index in [4.69, 9.17) is 9.47 Å². The molecule has 1 atom stereocenters. The second kappa shape index (κ2) is 10.8. The van der Waals surface area contributed by atoms with E-state index in [-0.39, 0.29) is 6.29 Å². The smallest absolute Gasteiger partial charge is 0.157 e. The number of rotatable bonds is 10. The van der Waals surface area contributed by atoms with E-state index in [1.807, 2.05) is 13.8 Å². The quantitative estimate of drug-likeness (QED) is 0.413. The molecule has 102 valence electrons. The zero-order valence-electron chi connectivity index (χ0n) is 12.3. The molecule has 0 saturated carbocycles. The Labute approximate surface area is 107 Å². The molecular weight excluding hydrogens is 212 g/mol.